The lowest BCUT2D eigenvalue weighted by Gasteiger charge is -2.15. The smallest absolute Gasteiger partial charge is 0.347 e. The average molecular weight is 357 g/mol. The molecule has 0 spiro atoms. The fourth-order valence-electron chi connectivity index (χ4n) is 2.23. The predicted octanol–water partition coefficient (Wildman–Crippen LogP) is 3.26. The summed E-state index contributed by atoms with van der Waals surface area (Å²) in [5, 5.41) is 2.74. The van der Waals surface area contributed by atoms with Gasteiger partial charge in [0.05, 0.1) is 7.11 Å². The van der Waals surface area contributed by atoms with E-state index in [1.165, 1.54) is 0 Å². The molecule has 1 N–H and O–H groups in total. The number of hydrogen-bond donors (Lipinski definition) is 1. The number of benzene rings is 2. The van der Waals surface area contributed by atoms with Gasteiger partial charge in [0.2, 0.25) is 0 Å². The van der Waals surface area contributed by atoms with Crippen molar-refractivity contribution < 1.29 is 23.8 Å². The van der Waals surface area contributed by atoms with Crippen molar-refractivity contribution in [3.63, 3.8) is 0 Å². The molecular weight excluding hydrogens is 334 g/mol. The van der Waals surface area contributed by atoms with Crippen LogP contribution in [-0.2, 0) is 14.3 Å². The van der Waals surface area contributed by atoms with Crippen LogP contribution < -0.4 is 14.8 Å². The Kier molecular flexibility index (Phi) is 6.60. The molecule has 0 radical (unpaired) electrons. The van der Waals surface area contributed by atoms with Gasteiger partial charge in [-0.2, -0.15) is 0 Å². The molecule has 6 nitrogen and oxygen atoms in total. The van der Waals surface area contributed by atoms with Crippen molar-refractivity contribution in [2.24, 2.45) is 0 Å². The molecule has 138 valence electrons. The van der Waals surface area contributed by atoms with Gasteiger partial charge in [0.25, 0.3) is 5.91 Å². The Labute approximate surface area is 153 Å². The second kappa shape index (κ2) is 8.89. The van der Waals surface area contributed by atoms with Gasteiger partial charge in [-0.15, -0.1) is 0 Å². The van der Waals surface area contributed by atoms with E-state index in [4.69, 9.17) is 14.2 Å². The summed E-state index contributed by atoms with van der Waals surface area (Å²) in [4.78, 5) is 24.0. The zero-order valence-electron chi connectivity index (χ0n) is 15.4. The molecule has 0 aliphatic heterocycles. The van der Waals surface area contributed by atoms with Crippen molar-refractivity contribution in [2.45, 2.75) is 26.9 Å². The highest BCUT2D eigenvalue weighted by molar-refractivity contribution is 5.93. The van der Waals surface area contributed by atoms with Gasteiger partial charge in [0.1, 0.15) is 11.5 Å². The van der Waals surface area contributed by atoms with Crippen LogP contribution in [0.2, 0.25) is 0 Å². The highest BCUT2D eigenvalue weighted by atomic mass is 16.6. The van der Waals surface area contributed by atoms with Gasteiger partial charge in [-0.25, -0.2) is 4.79 Å². The van der Waals surface area contributed by atoms with Crippen LogP contribution in [0, 0.1) is 13.8 Å². The van der Waals surface area contributed by atoms with Gasteiger partial charge in [-0.1, -0.05) is 12.1 Å². The van der Waals surface area contributed by atoms with E-state index in [0.717, 1.165) is 11.1 Å². The molecule has 0 saturated heterocycles. The molecule has 0 fully saturated rings. The molecule has 1 unspecified atom stereocenters. The van der Waals surface area contributed by atoms with Gasteiger partial charge in [0.15, 0.2) is 12.7 Å². The summed E-state index contributed by atoms with van der Waals surface area (Å²) in [5.41, 5.74) is 2.75. The number of rotatable bonds is 7. The summed E-state index contributed by atoms with van der Waals surface area (Å²) in [6.07, 6.45) is -0.836. The van der Waals surface area contributed by atoms with Crippen LogP contribution in [0.4, 0.5) is 5.69 Å². The third kappa shape index (κ3) is 5.24. The minimum Gasteiger partial charge on any atom is -0.497 e. The number of aryl methyl sites for hydroxylation is 1. The zero-order chi connectivity index (χ0) is 19.1. The summed E-state index contributed by atoms with van der Waals surface area (Å²) in [6, 6.07) is 12.5. The van der Waals surface area contributed by atoms with Crippen molar-refractivity contribution in [2.75, 3.05) is 19.0 Å². The van der Waals surface area contributed by atoms with Crippen molar-refractivity contribution >= 4 is 17.6 Å². The highest BCUT2D eigenvalue weighted by Crippen LogP contribution is 2.19. The number of nitrogens with one attached hydrogen (secondary N) is 1. The van der Waals surface area contributed by atoms with Crippen molar-refractivity contribution in [1.29, 1.82) is 0 Å². The minimum absolute atomic E-state index is 0.372. The molecule has 0 aliphatic rings. The minimum atomic E-state index is -0.836. The summed E-state index contributed by atoms with van der Waals surface area (Å²) in [5.74, 6) is 0.186. The normalized spacial score (nSPS) is 11.4. The van der Waals surface area contributed by atoms with Crippen molar-refractivity contribution in [1.82, 2.24) is 0 Å². The first-order chi connectivity index (χ1) is 12.4. The molecule has 26 heavy (non-hydrogen) atoms. The molecule has 0 saturated carbocycles. The molecule has 0 bridgehead atoms. The van der Waals surface area contributed by atoms with Gasteiger partial charge >= 0.3 is 5.97 Å². The van der Waals surface area contributed by atoms with Gasteiger partial charge in [-0.05, 0) is 62.2 Å². The van der Waals surface area contributed by atoms with E-state index >= 15 is 0 Å². The first-order valence-electron chi connectivity index (χ1n) is 8.24. The lowest BCUT2D eigenvalue weighted by molar-refractivity contribution is -0.153. The molecule has 1 atom stereocenters. The first kappa shape index (κ1) is 19.3. The zero-order valence-corrected chi connectivity index (χ0v) is 15.4. The number of amides is 1. The molecule has 1 amide bonds. The lowest BCUT2D eigenvalue weighted by Crippen LogP contribution is -2.29. The maximum Gasteiger partial charge on any atom is 0.347 e. The third-order valence-electron chi connectivity index (χ3n) is 3.93. The van der Waals surface area contributed by atoms with Crippen LogP contribution in [0.5, 0.6) is 11.5 Å². The fourth-order valence-corrected chi connectivity index (χ4v) is 2.23. The van der Waals surface area contributed by atoms with Crippen LogP contribution in [-0.4, -0.2) is 31.7 Å². The number of esters is 1. The molecule has 2 aromatic rings. The topological polar surface area (TPSA) is 73.9 Å². The second-order valence-corrected chi connectivity index (χ2v) is 5.84. The SMILES string of the molecule is COc1ccc(OC(C)C(=O)OCC(=O)Nc2cccc(C)c2C)cc1. The quantitative estimate of drug-likeness (QED) is 0.770. The average Bonchev–Trinajstić information content (AvgIpc) is 2.64. The Morgan fingerprint density at radius 1 is 1.04 bits per heavy atom. The summed E-state index contributed by atoms with van der Waals surface area (Å²) in [6.45, 7) is 5.07. The number of anilines is 1. The molecule has 0 heterocycles. The first-order valence-corrected chi connectivity index (χ1v) is 8.24. The Hall–Kier alpha value is -3.02. The van der Waals surface area contributed by atoms with Crippen LogP contribution in [0.15, 0.2) is 42.5 Å². The van der Waals surface area contributed by atoms with E-state index in [1.54, 1.807) is 44.4 Å². The van der Waals surface area contributed by atoms with E-state index in [0.29, 0.717) is 17.2 Å². The van der Waals surface area contributed by atoms with Crippen LogP contribution in [0.25, 0.3) is 0 Å². The van der Waals surface area contributed by atoms with Crippen LogP contribution in [0.3, 0.4) is 0 Å². The van der Waals surface area contributed by atoms with Crippen molar-refractivity contribution in [3.8, 4) is 11.5 Å². The third-order valence-corrected chi connectivity index (χ3v) is 3.93. The standard InChI is InChI=1S/C20H23NO5/c1-13-6-5-7-18(14(13)2)21-19(22)12-25-20(23)15(3)26-17-10-8-16(24-4)9-11-17/h5-11,15H,12H2,1-4H3,(H,21,22). The van der Waals surface area contributed by atoms with Gasteiger partial charge in [0, 0.05) is 5.69 Å². The lowest BCUT2D eigenvalue weighted by atomic mass is 10.1. The number of ether oxygens (including phenoxy) is 3. The van der Waals surface area contributed by atoms with Gasteiger partial charge in [-0.3, -0.25) is 4.79 Å². The van der Waals surface area contributed by atoms with E-state index in [-0.39, 0.29) is 6.61 Å². The predicted molar refractivity (Wildman–Crippen MR) is 98.6 cm³/mol. The summed E-state index contributed by atoms with van der Waals surface area (Å²) >= 11 is 0. The maximum absolute atomic E-state index is 12.0. The van der Waals surface area contributed by atoms with E-state index in [1.807, 2.05) is 26.0 Å². The van der Waals surface area contributed by atoms with Crippen LogP contribution in [0.1, 0.15) is 18.1 Å². The number of carbonyl (C=O) groups excluding carboxylic acids is 2. The van der Waals surface area contributed by atoms with E-state index in [2.05, 4.69) is 5.32 Å². The number of carbonyl (C=O) groups is 2. The largest absolute Gasteiger partial charge is 0.497 e. The Bertz CT molecular complexity index is 770. The molecule has 2 rings (SSSR count). The van der Waals surface area contributed by atoms with Gasteiger partial charge < -0.3 is 19.5 Å². The highest BCUT2D eigenvalue weighted by Gasteiger charge is 2.18. The Morgan fingerprint density at radius 3 is 2.35 bits per heavy atom. The second-order valence-electron chi connectivity index (χ2n) is 5.84. The molecule has 6 heteroatoms. The van der Waals surface area contributed by atoms with Crippen LogP contribution >= 0.6 is 0 Å². The van der Waals surface area contributed by atoms with E-state index in [9.17, 15) is 9.59 Å². The molecular formula is C20H23NO5. The monoisotopic (exact) mass is 357 g/mol. The number of hydrogen-bond acceptors (Lipinski definition) is 5. The summed E-state index contributed by atoms with van der Waals surface area (Å²) in [7, 11) is 1.57. The Balaban J connectivity index is 1.82. The maximum atomic E-state index is 12.0. The molecule has 0 aromatic heterocycles. The van der Waals surface area contributed by atoms with E-state index < -0.39 is 18.0 Å². The summed E-state index contributed by atoms with van der Waals surface area (Å²) < 4.78 is 15.6. The van der Waals surface area contributed by atoms with Crippen molar-refractivity contribution in [3.05, 3.63) is 53.6 Å². The molecule has 0 aliphatic carbocycles. The molecule has 2 aromatic carbocycles. The number of methoxy groups -OCH3 is 1. The Morgan fingerprint density at radius 2 is 1.69 bits per heavy atom. The fraction of sp³-hybridized carbons (Fsp3) is 0.300.